The van der Waals surface area contributed by atoms with Crippen LogP contribution in [-0.2, 0) is 11.3 Å². The van der Waals surface area contributed by atoms with Crippen LogP contribution in [0.15, 0.2) is 33.8 Å². The molecule has 2 aliphatic heterocycles. The number of nitrogens with zero attached hydrogens (tertiary/aromatic N) is 3. The third kappa shape index (κ3) is 2.98. The maximum Gasteiger partial charge on any atom is 0.261 e. The van der Waals surface area contributed by atoms with E-state index in [-0.39, 0.29) is 18.0 Å². The lowest BCUT2D eigenvalue weighted by Gasteiger charge is -2.24. The Kier molecular flexibility index (Phi) is 4.14. The van der Waals surface area contributed by atoms with E-state index in [2.05, 4.69) is 26.2 Å². The molecule has 0 spiro atoms. The highest BCUT2D eigenvalue weighted by Gasteiger charge is 2.31. The maximum absolute atomic E-state index is 12.7. The third-order valence-corrected chi connectivity index (χ3v) is 5.46. The molecule has 2 aliphatic rings. The first-order valence-electron chi connectivity index (χ1n) is 8.29. The number of rotatable bonds is 2. The predicted molar refractivity (Wildman–Crippen MR) is 94.8 cm³/mol. The predicted octanol–water partition coefficient (Wildman–Crippen LogP) is 1.51. The molecule has 0 aliphatic carbocycles. The summed E-state index contributed by atoms with van der Waals surface area (Å²) in [6.07, 6.45) is 4.79. The van der Waals surface area contributed by atoms with E-state index < -0.39 is 0 Å². The molecule has 2 unspecified atom stereocenters. The number of hydrogen-bond acceptors (Lipinski definition) is 4. The van der Waals surface area contributed by atoms with E-state index >= 15 is 0 Å². The summed E-state index contributed by atoms with van der Waals surface area (Å²) in [5.41, 5.74) is 0.465. The molecule has 3 heterocycles. The van der Waals surface area contributed by atoms with Crippen LogP contribution >= 0.6 is 15.9 Å². The number of likely N-dealkylation sites (tertiary alicyclic amines) is 1. The Hall–Kier alpha value is -1.73. The van der Waals surface area contributed by atoms with E-state index in [1.165, 1.54) is 17.3 Å². The van der Waals surface area contributed by atoms with Gasteiger partial charge in [0, 0.05) is 29.6 Å². The highest BCUT2D eigenvalue weighted by atomic mass is 79.9. The number of amides is 1. The number of halogens is 1. The van der Waals surface area contributed by atoms with Gasteiger partial charge in [0.1, 0.15) is 6.54 Å². The number of carbonyl (C=O) groups is 1. The van der Waals surface area contributed by atoms with Gasteiger partial charge in [0.15, 0.2) is 0 Å². The van der Waals surface area contributed by atoms with Crippen molar-refractivity contribution in [2.75, 3.05) is 13.1 Å². The standard InChI is InChI=1S/C17H19BrN4O2/c18-11-1-4-15-14(7-11)17(24)22(10-19-15)9-16(23)21-6-5-12-2-3-13(8-21)20-12/h1,4,7,10,12-13,20H,2-3,5-6,8-9H2. The van der Waals surface area contributed by atoms with Crippen LogP contribution in [0, 0.1) is 0 Å². The highest BCUT2D eigenvalue weighted by Crippen LogP contribution is 2.20. The summed E-state index contributed by atoms with van der Waals surface area (Å²) >= 11 is 3.37. The van der Waals surface area contributed by atoms with Gasteiger partial charge in [-0.2, -0.15) is 0 Å². The van der Waals surface area contributed by atoms with Crippen molar-refractivity contribution < 1.29 is 4.79 Å². The van der Waals surface area contributed by atoms with Gasteiger partial charge in [0.2, 0.25) is 5.91 Å². The second-order valence-corrected chi connectivity index (χ2v) is 7.52. The number of carbonyl (C=O) groups excluding carboxylic acids is 1. The molecule has 0 saturated carbocycles. The lowest BCUT2D eigenvalue weighted by Crippen LogP contribution is -2.41. The summed E-state index contributed by atoms with van der Waals surface area (Å²) in [5.74, 6) is -0.0115. The first-order chi connectivity index (χ1) is 11.6. The molecule has 1 aromatic carbocycles. The van der Waals surface area contributed by atoms with Gasteiger partial charge < -0.3 is 10.2 Å². The Morgan fingerprint density at radius 2 is 2.12 bits per heavy atom. The molecule has 2 fully saturated rings. The van der Waals surface area contributed by atoms with E-state index in [1.54, 1.807) is 12.1 Å². The fourth-order valence-corrected chi connectivity index (χ4v) is 4.02. The van der Waals surface area contributed by atoms with Crippen molar-refractivity contribution in [2.24, 2.45) is 0 Å². The zero-order valence-electron chi connectivity index (χ0n) is 13.2. The minimum absolute atomic E-state index is 0.0115. The molecule has 1 N–H and O–H groups in total. The molecular weight excluding hydrogens is 372 g/mol. The molecule has 2 atom stereocenters. The number of aromatic nitrogens is 2. The van der Waals surface area contributed by atoms with Crippen molar-refractivity contribution in [1.29, 1.82) is 0 Å². The van der Waals surface area contributed by atoms with Gasteiger partial charge in [0.25, 0.3) is 5.56 Å². The average molecular weight is 391 g/mol. The monoisotopic (exact) mass is 390 g/mol. The van der Waals surface area contributed by atoms with Gasteiger partial charge >= 0.3 is 0 Å². The SMILES string of the molecule is O=C(Cn1cnc2ccc(Br)cc2c1=O)N1CCC2CCC(C1)N2. The molecule has 126 valence electrons. The van der Waals surface area contributed by atoms with Crippen molar-refractivity contribution in [2.45, 2.75) is 37.9 Å². The van der Waals surface area contributed by atoms with Crippen LogP contribution in [0.1, 0.15) is 19.3 Å². The van der Waals surface area contributed by atoms with E-state index in [9.17, 15) is 9.59 Å². The van der Waals surface area contributed by atoms with Crippen LogP contribution in [0.4, 0.5) is 0 Å². The molecule has 1 aromatic heterocycles. The van der Waals surface area contributed by atoms with Crippen LogP contribution in [-0.4, -0.2) is 45.5 Å². The molecule has 24 heavy (non-hydrogen) atoms. The molecule has 7 heteroatoms. The third-order valence-electron chi connectivity index (χ3n) is 4.97. The molecule has 4 rings (SSSR count). The largest absolute Gasteiger partial charge is 0.340 e. The number of hydrogen-bond donors (Lipinski definition) is 1. The number of fused-ring (bicyclic) bond motifs is 3. The molecule has 2 bridgehead atoms. The first kappa shape index (κ1) is 15.8. The Morgan fingerprint density at radius 3 is 3.00 bits per heavy atom. The van der Waals surface area contributed by atoms with Crippen LogP contribution in [0.25, 0.3) is 10.9 Å². The Labute approximate surface area is 148 Å². The Bertz CT molecular complexity index is 850. The van der Waals surface area contributed by atoms with Crippen molar-refractivity contribution in [1.82, 2.24) is 19.8 Å². The second kappa shape index (κ2) is 6.29. The summed E-state index contributed by atoms with van der Waals surface area (Å²) < 4.78 is 2.24. The van der Waals surface area contributed by atoms with E-state index in [0.717, 1.165) is 30.4 Å². The molecule has 6 nitrogen and oxygen atoms in total. The Balaban J connectivity index is 1.56. The van der Waals surface area contributed by atoms with Crippen molar-refractivity contribution in [3.05, 3.63) is 39.4 Å². The summed E-state index contributed by atoms with van der Waals surface area (Å²) in [6, 6.07) is 6.33. The zero-order chi connectivity index (χ0) is 16.7. The first-order valence-corrected chi connectivity index (χ1v) is 9.08. The van der Waals surface area contributed by atoms with Crippen molar-refractivity contribution >= 4 is 32.7 Å². The van der Waals surface area contributed by atoms with E-state index in [4.69, 9.17) is 0 Å². The molecule has 2 saturated heterocycles. The minimum Gasteiger partial charge on any atom is -0.340 e. The minimum atomic E-state index is -0.177. The topological polar surface area (TPSA) is 67.2 Å². The molecule has 2 aromatic rings. The van der Waals surface area contributed by atoms with Gasteiger partial charge in [-0.1, -0.05) is 15.9 Å². The number of nitrogens with one attached hydrogen (secondary N) is 1. The normalized spacial score (nSPS) is 23.5. The second-order valence-electron chi connectivity index (χ2n) is 6.61. The Morgan fingerprint density at radius 1 is 1.29 bits per heavy atom. The van der Waals surface area contributed by atoms with Gasteiger partial charge in [-0.05, 0) is 37.5 Å². The van der Waals surface area contributed by atoms with E-state index in [1.807, 2.05) is 11.0 Å². The zero-order valence-corrected chi connectivity index (χ0v) is 14.8. The van der Waals surface area contributed by atoms with Crippen molar-refractivity contribution in [3.8, 4) is 0 Å². The fraction of sp³-hybridized carbons (Fsp3) is 0.471. The van der Waals surface area contributed by atoms with Gasteiger partial charge in [0.05, 0.1) is 17.2 Å². The smallest absolute Gasteiger partial charge is 0.261 e. The number of benzene rings is 1. The highest BCUT2D eigenvalue weighted by molar-refractivity contribution is 9.10. The average Bonchev–Trinajstić information content (AvgIpc) is 2.89. The lowest BCUT2D eigenvalue weighted by atomic mass is 10.1. The summed E-state index contributed by atoms with van der Waals surface area (Å²) in [4.78, 5) is 31.4. The summed E-state index contributed by atoms with van der Waals surface area (Å²) in [5, 5.41) is 4.09. The fourth-order valence-electron chi connectivity index (χ4n) is 3.66. The van der Waals surface area contributed by atoms with E-state index in [0.29, 0.717) is 23.0 Å². The van der Waals surface area contributed by atoms with Gasteiger partial charge in [-0.25, -0.2) is 4.98 Å². The van der Waals surface area contributed by atoms with Crippen LogP contribution in [0.3, 0.4) is 0 Å². The lowest BCUT2D eigenvalue weighted by molar-refractivity contribution is -0.132. The maximum atomic E-state index is 12.7. The van der Waals surface area contributed by atoms with Crippen LogP contribution in [0.2, 0.25) is 0 Å². The summed E-state index contributed by atoms with van der Waals surface area (Å²) in [6.45, 7) is 1.54. The van der Waals surface area contributed by atoms with Crippen LogP contribution in [0.5, 0.6) is 0 Å². The molecule has 0 radical (unpaired) electrons. The van der Waals surface area contributed by atoms with Gasteiger partial charge in [-0.15, -0.1) is 0 Å². The molecule has 1 amide bonds. The van der Waals surface area contributed by atoms with Gasteiger partial charge in [-0.3, -0.25) is 14.2 Å². The summed E-state index contributed by atoms with van der Waals surface area (Å²) in [7, 11) is 0. The van der Waals surface area contributed by atoms with Crippen molar-refractivity contribution in [3.63, 3.8) is 0 Å². The quantitative estimate of drug-likeness (QED) is 0.843. The van der Waals surface area contributed by atoms with Crippen LogP contribution < -0.4 is 10.9 Å². The molecular formula is C17H19BrN4O2.